The minimum absolute atomic E-state index is 0.184. The van der Waals surface area contributed by atoms with Crippen LogP contribution in [0.15, 0.2) is 30.7 Å². The Kier molecular flexibility index (Phi) is 5.30. The van der Waals surface area contributed by atoms with Crippen molar-refractivity contribution in [2.24, 2.45) is 0 Å². The molecule has 116 valence electrons. The van der Waals surface area contributed by atoms with E-state index in [0.717, 1.165) is 22.5 Å². The lowest BCUT2D eigenvalue weighted by atomic mass is 10.1. The first-order valence-electron chi connectivity index (χ1n) is 7.15. The summed E-state index contributed by atoms with van der Waals surface area (Å²) in [5.41, 5.74) is 3.72. The number of nitrogens with zero attached hydrogens (tertiary/aromatic N) is 1. The first kappa shape index (κ1) is 15.8. The molecule has 6 heteroatoms. The van der Waals surface area contributed by atoms with Crippen molar-refractivity contribution in [3.63, 3.8) is 0 Å². The fourth-order valence-electron chi connectivity index (χ4n) is 2.03. The molecule has 0 unspecified atom stereocenters. The van der Waals surface area contributed by atoms with Crippen molar-refractivity contribution < 1.29 is 9.59 Å². The van der Waals surface area contributed by atoms with E-state index >= 15 is 0 Å². The third kappa shape index (κ3) is 4.73. The van der Waals surface area contributed by atoms with Gasteiger partial charge in [-0.15, -0.1) is 0 Å². The summed E-state index contributed by atoms with van der Waals surface area (Å²) in [5.74, 6) is -0.602. The predicted octanol–water partition coefficient (Wildman–Crippen LogP) is 1.71. The zero-order chi connectivity index (χ0) is 15.9. The van der Waals surface area contributed by atoms with Gasteiger partial charge in [0.25, 0.3) is 0 Å². The Hall–Kier alpha value is -2.63. The summed E-state index contributed by atoms with van der Waals surface area (Å²) in [4.78, 5) is 30.5. The smallest absolute Gasteiger partial charge is 0.233 e. The number of rotatable bonds is 6. The molecule has 0 saturated carbocycles. The maximum Gasteiger partial charge on any atom is 0.233 e. The molecule has 0 aliphatic heterocycles. The number of hydrogen-bond donors (Lipinski definition) is 3. The molecule has 1 aromatic heterocycles. The van der Waals surface area contributed by atoms with Crippen molar-refractivity contribution in [3.05, 3.63) is 47.5 Å². The summed E-state index contributed by atoms with van der Waals surface area (Å²) in [6.45, 7) is 4.34. The van der Waals surface area contributed by atoms with E-state index in [0.29, 0.717) is 13.0 Å². The molecule has 0 atom stereocenters. The number of carbonyl (C=O) groups is 2. The summed E-state index contributed by atoms with van der Waals surface area (Å²) < 4.78 is 0. The minimum Gasteiger partial charge on any atom is -0.355 e. The number of amides is 2. The van der Waals surface area contributed by atoms with Gasteiger partial charge in [0.05, 0.1) is 6.33 Å². The molecule has 22 heavy (non-hydrogen) atoms. The highest BCUT2D eigenvalue weighted by Gasteiger charge is 2.10. The Morgan fingerprint density at radius 3 is 2.77 bits per heavy atom. The third-order valence-corrected chi connectivity index (χ3v) is 3.26. The van der Waals surface area contributed by atoms with Gasteiger partial charge in [-0.1, -0.05) is 12.1 Å². The van der Waals surface area contributed by atoms with E-state index in [-0.39, 0.29) is 18.2 Å². The highest BCUT2D eigenvalue weighted by molar-refractivity contribution is 6.03. The zero-order valence-electron chi connectivity index (χ0n) is 12.8. The molecule has 6 nitrogen and oxygen atoms in total. The quantitative estimate of drug-likeness (QED) is 0.710. The van der Waals surface area contributed by atoms with Crippen LogP contribution in [0.3, 0.4) is 0 Å². The Balaban J connectivity index is 1.76. The number of aryl methyl sites for hydroxylation is 2. The Morgan fingerprint density at radius 2 is 2.05 bits per heavy atom. The molecule has 0 aliphatic carbocycles. The van der Waals surface area contributed by atoms with Crippen LogP contribution in [0.5, 0.6) is 0 Å². The number of aromatic nitrogens is 2. The Bertz CT molecular complexity index is 650. The second-order valence-corrected chi connectivity index (χ2v) is 5.22. The first-order chi connectivity index (χ1) is 10.5. The number of imidazole rings is 1. The number of benzene rings is 1. The van der Waals surface area contributed by atoms with Crippen LogP contribution in [0.2, 0.25) is 0 Å². The van der Waals surface area contributed by atoms with Crippen LogP contribution in [0, 0.1) is 13.8 Å². The second kappa shape index (κ2) is 7.40. The van der Waals surface area contributed by atoms with Gasteiger partial charge in [-0.25, -0.2) is 4.98 Å². The fourth-order valence-corrected chi connectivity index (χ4v) is 2.03. The van der Waals surface area contributed by atoms with Gasteiger partial charge in [0, 0.05) is 30.5 Å². The van der Waals surface area contributed by atoms with Crippen LogP contribution in [-0.4, -0.2) is 28.3 Å². The molecule has 2 aromatic rings. The van der Waals surface area contributed by atoms with Crippen LogP contribution >= 0.6 is 0 Å². The topological polar surface area (TPSA) is 86.9 Å². The highest BCUT2D eigenvalue weighted by atomic mass is 16.2. The average Bonchev–Trinajstić information content (AvgIpc) is 2.96. The van der Waals surface area contributed by atoms with Gasteiger partial charge >= 0.3 is 0 Å². The number of hydrogen-bond acceptors (Lipinski definition) is 3. The molecular weight excluding hydrogens is 280 g/mol. The van der Waals surface area contributed by atoms with Crippen molar-refractivity contribution in [2.45, 2.75) is 26.7 Å². The lowest BCUT2D eigenvalue weighted by Gasteiger charge is -2.09. The maximum atomic E-state index is 11.9. The number of anilines is 1. The van der Waals surface area contributed by atoms with Crippen LogP contribution in [0.4, 0.5) is 5.69 Å². The highest BCUT2D eigenvalue weighted by Crippen LogP contribution is 2.16. The number of nitrogens with one attached hydrogen (secondary N) is 3. The molecule has 2 amide bonds. The largest absolute Gasteiger partial charge is 0.355 e. The average molecular weight is 300 g/mol. The molecule has 3 N–H and O–H groups in total. The van der Waals surface area contributed by atoms with Gasteiger partial charge < -0.3 is 15.6 Å². The van der Waals surface area contributed by atoms with E-state index < -0.39 is 0 Å². The fraction of sp³-hybridized carbons (Fsp3) is 0.312. The molecule has 0 aliphatic rings. The lowest BCUT2D eigenvalue weighted by Crippen LogP contribution is -2.29. The SMILES string of the molecule is Cc1ccc(C)c(NC(=O)CC(=O)NCCc2cnc[nH]2)c1. The molecule has 0 saturated heterocycles. The van der Waals surface area contributed by atoms with E-state index in [2.05, 4.69) is 20.6 Å². The van der Waals surface area contributed by atoms with Crippen molar-refractivity contribution >= 4 is 17.5 Å². The predicted molar refractivity (Wildman–Crippen MR) is 84.5 cm³/mol. The Labute approximate surface area is 129 Å². The van der Waals surface area contributed by atoms with Crippen LogP contribution in [0.25, 0.3) is 0 Å². The summed E-state index contributed by atoms with van der Waals surface area (Å²) in [5, 5.41) is 5.49. The normalized spacial score (nSPS) is 10.3. The third-order valence-electron chi connectivity index (χ3n) is 3.26. The molecule has 0 radical (unpaired) electrons. The monoisotopic (exact) mass is 300 g/mol. The van der Waals surface area contributed by atoms with Crippen LogP contribution in [0.1, 0.15) is 23.2 Å². The molecular formula is C16H20N4O2. The van der Waals surface area contributed by atoms with E-state index in [1.54, 1.807) is 12.5 Å². The first-order valence-corrected chi connectivity index (χ1v) is 7.15. The van der Waals surface area contributed by atoms with Crippen molar-refractivity contribution in [2.75, 3.05) is 11.9 Å². The van der Waals surface area contributed by atoms with E-state index in [1.165, 1.54) is 0 Å². The van der Waals surface area contributed by atoms with Gasteiger partial charge in [0.2, 0.25) is 11.8 Å². The summed E-state index contributed by atoms with van der Waals surface area (Å²) in [6.07, 6.45) is 3.77. The van der Waals surface area contributed by atoms with Crippen LogP contribution < -0.4 is 10.6 Å². The van der Waals surface area contributed by atoms with E-state index in [4.69, 9.17) is 0 Å². The maximum absolute atomic E-state index is 11.9. The van der Waals surface area contributed by atoms with Crippen LogP contribution in [-0.2, 0) is 16.0 Å². The van der Waals surface area contributed by atoms with Crippen molar-refractivity contribution in [1.29, 1.82) is 0 Å². The Morgan fingerprint density at radius 1 is 1.23 bits per heavy atom. The minimum atomic E-state index is -0.312. The van der Waals surface area contributed by atoms with Crippen molar-refractivity contribution in [3.8, 4) is 0 Å². The van der Waals surface area contributed by atoms with E-state index in [1.807, 2.05) is 32.0 Å². The van der Waals surface area contributed by atoms with Gasteiger partial charge in [-0.05, 0) is 31.0 Å². The van der Waals surface area contributed by atoms with E-state index in [9.17, 15) is 9.59 Å². The van der Waals surface area contributed by atoms with Gasteiger partial charge in [-0.2, -0.15) is 0 Å². The van der Waals surface area contributed by atoms with Gasteiger partial charge in [0.15, 0.2) is 0 Å². The molecule has 2 rings (SSSR count). The summed E-state index contributed by atoms with van der Waals surface area (Å²) in [7, 11) is 0. The number of carbonyl (C=O) groups excluding carboxylic acids is 2. The molecule has 1 aromatic carbocycles. The van der Waals surface area contributed by atoms with Gasteiger partial charge in [0.1, 0.15) is 6.42 Å². The summed E-state index contributed by atoms with van der Waals surface area (Å²) >= 11 is 0. The zero-order valence-corrected chi connectivity index (χ0v) is 12.8. The number of aromatic amines is 1. The van der Waals surface area contributed by atoms with Gasteiger partial charge in [-0.3, -0.25) is 9.59 Å². The summed E-state index contributed by atoms with van der Waals surface area (Å²) in [6, 6.07) is 5.81. The second-order valence-electron chi connectivity index (χ2n) is 5.22. The molecule has 0 spiro atoms. The molecule has 0 bridgehead atoms. The molecule has 1 heterocycles. The standard InChI is InChI=1S/C16H20N4O2/c1-11-3-4-12(2)14(7-11)20-16(22)8-15(21)18-6-5-13-9-17-10-19-13/h3-4,7,9-10H,5-6,8H2,1-2H3,(H,17,19)(H,18,21)(H,20,22). The lowest BCUT2D eigenvalue weighted by molar-refractivity contribution is -0.126. The molecule has 0 fully saturated rings. The van der Waals surface area contributed by atoms with Crippen molar-refractivity contribution in [1.82, 2.24) is 15.3 Å². The number of H-pyrrole nitrogens is 1.